The van der Waals surface area contributed by atoms with Crippen LogP contribution in [0.4, 0.5) is 0 Å². The molecule has 0 heterocycles. The number of carbonyl (C=O) groups is 3. The molecule has 0 rings (SSSR count). The van der Waals surface area contributed by atoms with Gasteiger partial charge in [0.1, 0.15) is 25.4 Å². The molecule has 0 radical (unpaired) electrons. The molecule has 5 atom stereocenters. The molecule has 0 amide bonds. The second-order valence-electron chi connectivity index (χ2n) is 20.1. The quantitative estimate of drug-likeness (QED) is 0.0146. The lowest BCUT2D eigenvalue weighted by Crippen LogP contribution is -2.30. The second kappa shape index (κ2) is 56.9. The molecule has 0 saturated heterocycles. The molecule has 5 unspecified atom stereocenters. The average molecular weight is 1180 g/mol. The fourth-order valence-electron chi connectivity index (χ4n) is 7.63. The predicted octanol–water partition coefficient (Wildman–Crippen LogP) is 16.0. The summed E-state index contributed by atoms with van der Waals surface area (Å²) in [6.45, 7) is 2.33. The SMILES string of the molecule is CC/C=C\C/C=C\C/C=C\C/C=C\CCCCCCC(=O)OCC(O)COP(=O)(O)OCC(O)COP(=O)(O)OCC(COC(=O)CCCCCCC/C=C\C/C=C\C/C=C\CC)OC(=O)CCCCCCC/C=C\CCCCCC. The summed E-state index contributed by atoms with van der Waals surface area (Å²) in [6, 6.07) is 0. The molecular weight excluding hydrogens is 1070 g/mol. The number of hydrogen-bond donors (Lipinski definition) is 4. The molecule has 0 saturated carbocycles. The normalized spacial score (nSPS) is 15.1. The lowest BCUT2D eigenvalue weighted by molar-refractivity contribution is -0.161. The van der Waals surface area contributed by atoms with Crippen molar-refractivity contribution in [2.75, 3.05) is 39.6 Å². The maximum atomic E-state index is 12.9. The Morgan fingerprint density at radius 1 is 0.358 bits per heavy atom. The molecular formula is C63H108O16P2. The molecule has 0 bridgehead atoms. The lowest BCUT2D eigenvalue weighted by Gasteiger charge is -2.21. The van der Waals surface area contributed by atoms with Gasteiger partial charge in [-0.25, -0.2) is 9.13 Å². The van der Waals surface area contributed by atoms with E-state index in [2.05, 4.69) is 118 Å². The zero-order valence-electron chi connectivity index (χ0n) is 49.9. The van der Waals surface area contributed by atoms with Gasteiger partial charge in [-0.15, -0.1) is 0 Å². The van der Waals surface area contributed by atoms with Crippen LogP contribution in [-0.2, 0) is 55.8 Å². The van der Waals surface area contributed by atoms with Crippen LogP contribution < -0.4 is 0 Å². The predicted molar refractivity (Wildman–Crippen MR) is 325 cm³/mol. The molecule has 81 heavy (non-hydrogen) atoms. The van der Waals surface area contributed by atoms with Gasteiger partial charge in [-0.2, -0.15) is 0 Å². The Morgan fingerprint density at radius 3 is 1.05 bits per heavy atom. The molecule has 466 valence electrons. The topological polar surface area (TPSA) is 231 Å². The molecule has 0 aliphatic heterocycles. The van der Waals surface area contributed by atoms with E-state index in [4.69, 9.17) is 32.3 Å². The van der Waals surface area contributed by atoms with E-state index in [1.807, 2.05) is 0 Å². The first-order valence-corrected chi connectivity index (χ1v) is 33.5. The van der Waals surface area contributed by atoms with Crippen LogP contribution in [0, 0.1) is 0 Å². The van der Waals surface area contributed by atoms with E-state index in [1.165, 1.54) is 25.7 Å². The Labute approximate surface area is 488 Å². The van der Waals surface area contributed by atoms with Gasteiger partial charge in [0.15, 0.2) is 6.10 Å². The fraction of sp³-hybridized carbons (Fsp3) is 0.698. The standard InChI is InChI=1S/C63H108O16P2/c1-4-7-10-13-16-19-22-25-27-28-30-33-34-37-40-43-46-49-61(66)73-52-58(64)53-75-80(69,70)76-54-59(65)55-77-81(71,72)78-57-60(79-63(68)51-48-45-42-39-36-31-24-21-18-15-12-9-6-3)56-74-62(67)50-47-44-41-38-35-32-29-26-23-20-17-14-11-8-5-2/h7-8,10-11,16-17,19-21,24-27,29-30,33,58-60,64-65H,4-6,9,12-15,18,22-23,28,31-32,34-57H2,1-3H3,(H,69,70)(H,71,72)/b10-7-,11-8-,19-16-,20-17-,24-21-,27-25-,29-26-,33-30-. The van der Waals surface area contributed by atoms with Crippen molar-refractivity contribution in [3.05, 3.63) is 97.2 Å². The summed E-state index contributed by atoms with van der Waals surface area (Å²) in [6.07, 6.45) is 59.0. The molecule has 16 nitrogen and oxygen atoms in total. The van der Waals surface area contributed by atoms with Gasteiger partial charge in [-0.3, -0.25) is 32.5 Å². The van der Waals surface area contributed by atoms with Crippen molar-refractivity contribution in [1.82, 2.24) is 0 Å². The number of aliphatic hydroxyl groups excluding tert-OH is 2. The summed E-state index contributed by atoms with van der Waals surface area (Å²) in [7, 11) is -9.78. The van der Waals surface area contributed by atoms with Crippen LogP contribution in [0.2, 0.25) is 0 Å². The molecule has 0 aliphatic carbocycles. The number of hydrogen-bond acceptors (Lipinski definition) is 14. The van der Waals surface area contributed by atoms with Gasteiger partial charge < -0.3 is 34.2 Å². The summed E-state index contributed by atoms with van der Waals surface area (Å²) < 4.78 is 60.6. The van der Waals surface area contributed by atoms with Crippen molar-refractivity contribution in [2.24, 2.45) is 0 Å². The zero-order valence-corrected chi connectivity index (χ0v) is 51.7. The van der Waals surface area contributed by atoms with Crippen LogP contribution in [0.25, 0.3) is 0 Å². The highest BCUT2D eigenvalue weighted by atomic mass is 31.2. The minimum atomic E-state index is -4.92. The summed E-state index contributed by atoms with van der Waals surface area (Å²) >= 11 is 0. The van der Waals surface area contributed by atoms with Gasteiger partial charge in [0.2, 0.25) is 0 Å². The van der Waals surface area contributed by atoms with E-state index in [-0.39, 0.29) is 19.3 Å². The van der Waals surface area contributed by atoms with Gasteiger partial charge in [-0.05, 0) is 116 Å². The minimum Gasteiger partial charge on any atom is -0.463 e. The molecule has 0 aliphatic rings. The second-order valence-corrected chi connectivity index (χ2v) is 23.0. The molecule has 0 spiro atoms. The number of esters is 3. The summed E-state index contributed by atoms with van der Waals surface area (Å²) in [5, 5.41) is 20.5. The first-order chi connectivity index (χ1) is 39.2. The zero-order chi connectivity index (χ0) is 59.6. The van der Waals surface area contributed by atoms with Crippen LogP contribution in [-0.4, -0.2) is 95.9 Å². The van der Waals surface area contributed by atoms with Crippen molar-refractivity contribution in [1.29, 1.82) is 0 Å². The van der Waals surface area contributed by atoms with Crippen molar-refractivity contribution < 1.29 is 75.8 Å². The number of allylic oxidation sites excluding steroid dienone is 16. The monoisotopic (exact) mass is 1180 g/mol. The number of carbonyl (C=O) groups excluding carboxylic acids is 3. The highest BCUT2D eigenvalue weighted by molar-refractivity contribution is 7.47. The lowest BCUT2D eigenvalue weighted by atomic mass is 10.1. The van der Waals surface area contributed by atoms with E-state index in [1.54, 1.807) is 0 Å². The van der Waals surface area contributed by atoms with Gasteiger partial charge in [0, 0.05) is 19.3 Å². The van der Waals surface area contributed by atoms with E-state index < -0.39 is 91.5 Å². The van der Waals surface area contributed by atoms with Crippen LogP contribution in [0.15, 0.2) is 97.2 Å². The summed E-state index contributed by atoms with van der Waals surface area (Å²) in [4.78, 5) is 58.1. The average Bonchev–Trinajstić information content (AvgIpc) is 3.44. The number of phosphoric ester groups is 2. The van der Waals surface area contributed by atoms with Crippen molar-refractivity contribution in [3.63, 3.8) is 0 Å². The van der Waals surface area contributed by atoms with E-state index in [0.717, 1.165) is 141 Å². The molecule has 18 heteroatoms. The van der Waals surface area contributed by atoms with Gasteiger partial charge in [0.25, 0.3) is 0 Å². The van der Waals surface area contributed by atoms with Crippen molar-refractivity contribution >= 4 is 33.6 Å². The van der Waals surface area contributed by atoms with Crippen molar-refractivity contribution in [2.45, 2.75) is 245 Å². The number of rotatable bonds is 57. The smallest absolute Gasteiger partial charge is 0.463 e. The molecule has 4 N–H and O–H groups in total. The van der Waals surface area contributed by atoms with Crippen LogP contribution in [0.1, 0.15) is 226 Å². The van der Waals surface area contributed by atoms with Crippen LogP contribution >= 0.6 is 15.6 Å². The maximum Gasteiger partial charge on any atom is 0.472 e. The van der Waals surface area contributed by atoms with E-state index >= 15 is 0 Å². The summed E-state index contributed by atoms with van der Waals surface area (Å²) in [5.74, 6) is -1.63. The third-order valence-corrected chi connectivity index (χ3v) is 14.2. The maximum absolute atomic E-state index is 12.9. The van der Waals surface area contributed by atoms with Gasteiger partial charge in [0.05, 0.1) is 26.4 Å². The fourth-order valence-corrected chi connectivity index (χ4v) is 9.21. The first-order valence-electron chi connectivity index (χ1n) is 30.5. The molecule has 0 aromatic rings. The third-order valence-electron chi connectivity index (χ3n) is 12.3. The Bertz CT molecular complexity index is 1870. The number of phosphoric acid groups is 2. The first kappa shape index (κ1) is 77.5. The molecule has 0 aromatic heterocycles. The number of aliphatic hydroxyl groups is 2. The third kappa shape index (κ3) is 58.1. The Morgan fingerprint density at radius 2 is 0.654 bits per heavy atom. The molecule has 0 fully saturated rings. The highest BCUT2D eigenvalue weighted by Gasteiger charge is 2.29. The number of ether oxygens (including phenoxy) is 3. The van der Waals surface area contributed by atoms with E-state index in [0.29, 0.717) is 19.3 Å². The van der Waals surface area contributed by atoms with Crippen molar-refractivity contribution in [3.8, 4) is 0 Å². The number of unbranched alkanes of at least 4 members (excludes halogenated alkanes) is 18. The minimum absolute atomic E-state index is 0.0888. The van der Waals surface area contributed by atoms with Gasteiger partial charge >= 0.3 is 33.6 Å². The van der Waals surface area contributed by atoms with Crippen LogP contribution in [0.5, 0.6) is 0 Å². The molecule has 0 aromatic carbocycles. The Balaban J connectivity index is 4.72. The van der Waals surface area contributed by atoms with Gasteiger partial charge in [-0.1, -0.05) is 189 Å². The van der Waals surface area contributed by atoms with Crippen LogP contribution in [0.3, 0.4) is 0 Å². The Hall–Kier alpha value is -3.53. The van der Waals surface area contributed by atoms with E-state index in [9.17, 15) is 43.5 Å². The highest BCUT2D eigenvalue weighted by Crippen LogP contribution is 2.45. The Kier molecular flexibility index (Phi) is 54.4. The summed E-state index contributed by atoms with van der Waals surface area (Å²) in [5.41, 5.74) is 0. The largest absolute Gasteiger partial charge is 0.472 e.